The van der Waals surface area contributed by atoms with Crippen molar-refractivity contribution < 1.29 is 61.8 Å². The van der Waals surface area contributed by atoms with Crippen molar-refractivity contribution in [2.75, 3.05) is 31.5 Å². The number of pyridine rings is 2. The summed E-state index contributed by atoms with van der Waals surface area (Å²) in [7, 11) is 0. The monoisotopic (exact) mass is 1100 g/mol. The van der Waals surface area contributed by atoms with E-state index in [1.807, 2.05) is 0 Å². The molecule has 7 amide bonds. The molecular formula is C57H60FN9O13. The Hall–Kier alpha value is -8.86. The fourth-order valence-electron chi connectivity index (χ4n) is 10.7. The molecular weight excluding hydrogens is 1040 g/mol. The molecule has 0 radical (unpaired) electrons. The number of ether oxygens (including phenoxy) is 3. The van der Waals surface area contributed by atoms with Gasteiger partial charge in [0, 0.05) is 66.5 Å². The van der Waals surface area contributed by atoms with E-state index in [-0.39, 0.29) is 86.8 Å². The van der Waals surface area contributed by atoms with Crippen LogP contribution in [0, 0.1) is 12.7 Å². The minimum Gasteiger partial charge on any atom is -0.457 e. The van der Waals surface area contributed by atoms with Gasteiger partial charge in [-0.3, -0.25) is 43.3 Å². The molecule has 23 heteroatoms. The van der Waals surface area contributed by atoms with E-state index in [0.29, 0.717) is 77.9 Å². The van der Waals surface area contributed by atoms with E-state index < -0.39 is 78.4 Å². The summed E-state index contributed by atoms with van der Waals surface area (Å²) < 4.78 is 33.4. The highest BCUT2D eigenvalue weighted by molar-refractivity contribution is 6.02. The number of imide groups is 1. The van der Waals surface area contributed by atoms with Crippen molar-refractivity contribution in [3.63, 3.8) is 0 Å². The lowest BCUT2D eigenvalue weighted by molar-refractivity contribution is -0.175. The molecule has 1 fully saturated rings. The van der Waals surface area contributed by atoms with Crippen LogP contribution in [-0.4, -0.2) is 100 Å². The molecule has 0 bridgehead atoms. The molecule has 3 aromatic carbocycles. The largest absolute Gasteiger partial charge is 0.510 e. The van der Waals surface area contributed by atoms with Crippen LogP contribution in [-0.2, 0) is 90.8 Å². The van der Waals surface area contributed by atoms with Crippen LogP contribution in [0.3, 0.4) is 0 Å². The minimum atomic E-state index is -2.07. The van der Waals surface area contributed by atoms with Gasteiger partial charge in [0.05, 0.1) is 48.6 Å². The fourth-order valence-corrected chi connectivity index (χ4v) is 10.7. The van der Waals surface area contributed by atoms with Gasteiger partial charge >= 0.3 is 12.1 Å². The number of halogens is 1. The normalized spacial score (nSPS) is 17.1. The van der Waals surface area contributed by atoms with Crippen LogP contribution in [0.15, 0.2) is 71.5 Å². The number of nitrogens with one attached hydrogen (secondary N) is 5. The molecule has 7 N–H and O–H groups in total. The second-order valence-electron chi connectivity index (χ2n) is 20.1. The third kappa shape index (κ3) is 11.9. The van der Waals surface area contributed by atoms with Gasteiger partial charge in [-0.1, -0.05) is 55.8 Å². The third-order valence-electron chi connectivity index (χ3n) is 14.9. The molecule has 3 atom stereocenters. The predicted molar refractivity (Wildman–Crippen MR) is 284 cm³/mol. The molecule has 418 valence electrons. The Kier molecular flexibility index (Phi) is 16.8. The highest BCUT2D eigenvalue weighted by atomic mass is 19.1. The Balaban J connectivity index is 0.751. The second-order valence-corrected chi connectivity index (χ2v) is 20.1. The highest BCUT2D eigenvalue weighted by Gasteiger charge is 2.51. The number of anilines is 1. The molecule has 0 unspecified atom stereocenters. The number of aryl methyl sites for hydroxylation is 1. The topological polar surface area (TPSA) is 306 Å². The first-order chi connectivity index (χ1) is 38.4. The van der Waals surface area contributed by atoms with Crippen LogP contribution in [0.5, 0.6) is 0 Å². The number of carbonyl (C=O) groups excluding carboxylic acids is 9. The van der Waals surface area contributed by atoms with E-state index in [1.165, 1.54) is 27.7 Å². The third-order valence-corrected chi connectivity index (χ3v) is 14.9. The molecule has 3 aliphatic heterocycles. The maximum absolute atomic E-state index is 15.2. The molecule has 9 rings (SSSR count). The van der Waals surface area contributed by atoms with E-state index in [1.54, 1.807) is 62.4 Å². The molecule has 0 saturated carbocycles. The number of likely N-dealkylation sites (tertiary alicyclic amines) is 1. The van der Waals surface area contributed by atoms with Crippen LogP contribution in [0.2, 0.25) is 0 Å². The van der Waals surface area contributed by atoms with Crippen LogP contribution in [0.25, 0.3) is 22.3 Å². The van der Waals surface area contributed by atoms with E-state index in [2.05, 4.69) is 26.6 Å². The first-order valence-electron chi connectivity index (χ1n) is 26.5. The Labute approximate surface area is 457 Å². The van der Waals surface area contributed by atoms with Gasteiger partial charge in [0.1, 0.15) is 25.1 Å². The van der Waals surface area contributed by atoms with Gasteiger partial charge < -0.3 is 51.1 Å². The van der Waals surface area contributed by atoms with Crippen molar-refractivity contribution in [1.29, 1.82) is 0 Å². The SMILES string of the molecule is CC[C@@]1(OC(=O)OCc2ccc(NC(=O)CNC(=O)[C@H](Cc3ccccc3)NC(=O)CNC(=O)CNC(=O)CCCCCN3C(=O)CCC3=O)cc2)C(=O)OCc2c1cc1n(c2=O)Cc2c-1nc1cc(F)c(C)c3c1c2[C@@H](N)CC3. The standard InChI is InChI=1S/C57H60FN9O13/c1-3-57(38-23-43-52-36(28-67(43)54(75)37(38)30-78-55(57)76)50-40(59)18-17-35-31(2)39(58)24-41(65-52)51(35)50)80-56(77)79-29-33-13-15-34(16-14-33)63-46(70)27-62-53(74)42(22-32-10-6-4-7-11-32)64-47(71)26-61-45(69)25-60-44(68)12-8-5-9-21-66-48(72)19-20-49(66)73/h4,6-7,10-11,13-16,23-24,40,42H,3,5,8-9,12,17-22,25-30,59H2,1-2H3,(H,60,68)(H,61,69)(H,62,74)(H,63,70)(H,64,71)/t40-,42-,57-/m0/s1. The van der Waals surface area contributed by atoms with Crippen molar-refractivity contribution in [3.05, 3.63) is 127 Å². The Morgan fingerprint density at radius 2 is 1.54 bits per heavy atom. The lowest BCUT2D eigenvalue weighted by atomic mass is 9.82. The number of esters is 1. The van der Waals surface area contributed by atoms with Gasteiger partial charge in [-0.15, -0.1) is 0 Å². The van der Waals surface area contributed by atoms with Gasteiger partial charge in [0.15, 0.2) is 0 Å². The van der Waals surface area contributed by atoms with Gasteiger partial charge in [-0.2, -0.15) is 0 Å². The van der Waals surface area contributed by atoms with Gasteiger partial charge in [-0.05, 0) is 85.0 Å². The van der Waals surface area contributed by atoms with E-state index in [0.717, 1.165) is 22.1 Å². The predicted octanol–water partition coefficient (Wildman–Crippen LogP) is 3.56. The molecule has 0 spiro atoms. The summed E-state index contributed by atoms with van der Waals surface area (Å²) in [5.41, 5.74) is 9.97. The van der Waals surface area contributed by atoms with Crippen molar-refractivity contribution >= 4 is 70.1 Å². The number of amides is 7. The number of nitrogens with two attached hydrogens (primary N) is 1. The Morgan fingerprint density at radius 3 is 2.27 bits per heavy atom. The smallest absolute Gasteiger partial charge is 0.457 e. The summed E-state index contributed by atoms with van der Waals surface area (Å²) in [6, 6.07) is 16.4. The van der Waals surface area contributed by atoms with Crippen molar-refractivity contribution in [3.8, 4) is 11.4 Å². The number of fused-ring (bicyclic) bond motifs is 5. The number of unbranched alkanes of at least 4 members (excludes halogenated alkanes) is 2. The average molecular weight is 1100 g/mol. The van der Waals surface area contributed by atoms with Crippen LogP contribution in [0.1, 0.15) is 109 Å². The maximum Gasteiger partial charge on any atom is 0.510 e. The number of carbonyl (C=O) groups is 9. The summed E-state index contributed by atoms with van der Waals surface area (Å²) in [4.78, 5) is 135. The number of rotatable bonds is 21. The summed E-state index contributed by atoms with van der Waals surface area (Å²) in [5, 5.41) is 13.4. The fraction of sp³-hybridized carbons (Fsp3) is 0.386. The molecule has 1 aliphatic carbocycles. The Bertz CT molecular complexity index is 3390. The van der Waals surface area contributed by atoms with E-state index in [9.17, 15) is 47.9 Å². The lowest BCUT2D eigenvalue weighted by Gasteiger charge is -2.35. The lowest BCUT2D eigenvalue weighted by Crippen LogP contribution is -2.52. The number of hydrogen-bond donors (Lipinski definition) is 6. The molecule has 22 nitrogen and oxygen atoms in total. The van der Waals surface area contributed by atoms with E-state index >= 15 is 4.39 Å². The highest BCUT2D eigenvalue weighted by Crippen LogP contribution is 2.46. The molecule has 4 aliphatic rings. The molecule has 1 saturated heterocycles. The zero-order valence-corrected chi connectivity index (χ0v) is 44.1. The zero-order chi connectivity index (χ0) is 56.8. The summed E-state index contributed by atoms with van der Waals surface area (Å²) in [6.07, 6.45) is 2.07. The number of nitrogens with zero attached hydrogens (tertiary/aromatic N) is 3. The number of aromatic nitrogens is 2. The molecule has 5 aromatic rings. The van der Waals surface area contributed by atoms with Crippen molar-refractivity contribution in [1.82, 2.24) is 35.7 Å². The second kappa shape index (κ2) is 24.0. The van der Waals surface area contributed by atoms with Crippen LogP contribution >= 0.6 is 0 Å². The Morgan fingerprint density at radius 1 is 0.825 bits per heavy atom. The van der Waals surface area contributed by atoms with Crippen LogP contribution < -0.4 is 37.9 Å². The minimum absolute atomic E-state index is 0.0518. The zero-order valence-electron chi connectivity index (χ0n) is 44.1. The number of cyclic esters (lactones) is 1. The van der Waals surface area contributed by atoms with E-state index in [4.69, 9.17) is 24.9 Å². The molecule has 2 aromatic heterocycles. The quantitative estimate of drug-likeness (QED) is 0.0341. The van der Waals surface area contributed by atoms with Crippen LogP contribution in [0.4, 0.5) is 14.9 Å². The first-order valence-corrected chi connectivity index (χ1v) is 26.5. The summed E-state index contributed by atoms with van der Waals surface area (Å²) in [5.74, 6) is -4.71. The molecule has 80 heavy (non-hydrogen) atoms. The summed E-state index contributed by atoms with van der Waals surface area (Å²) in [6.45, 7) is 1.71. The molecule has 5 heterocycles. The van der Waals surface area contributed by atoms with Gasteiger partial charge in [-0.25, -0.2) is 19.0 Å². The van der Waals surface area contributed by atoms with Gasteiger partial charge in [0.25, 0.3) is 5.56 Å². The average Bonchev–Trinajstić information content (AvgIpc) is 3.97. The van der Waals surface area contributed by atoms with Crippen molar-refractivity contribution in [2.24, 2.45) is 5.73 Å². The van der Waals surface area contributed by atoms with Crippen molar-refractivity contribution in [2.45, 2.75) is 115 Å². The number of benzene rings is 3. The maximum atomic E-state index is 15.2. The van der Waals surface area contributed by atoms with Gasteiger partial charge in [0.2, 0.25) is 47.0 Å². The number of hydrogen-bond acceptors (Lipinski definition) is 15. The summed E-state index contributed by atoms with van der Waals surface area (Å²) >= 11 is 0. The first kappa shape index (κ1) is 55.9.